The maximum Gasteiger partial charge on any atom is 0.229 e. The fraction of sp³-hybridized carbons (Fsp3) is 0.880. The lowest BCUT2D eigenvalue weighted by Crippen LogP contribution is -2.18. The zero-order valence-electron chi connectivity index (χ0n) is 21.5. The van der Waals surface area contributed by atoms with Gasteiger partial charge in [0.05, 0.1) is 0 Å². The Hall–Kier alpha value is -1.63. The molecular formula is C25H51N7. The van der Waals surface area contributed by atoms with Crippen molar-refractivity contribution in [3.05, 3.63) is 0 Å². The number of unbranched alkanes of at least 4 members (excludes halogenated alkanes) is 11. The lowest BCUT2D eigenvalue weighted by Gasteiger charge is -2.12. The molecular weight excluding hydrogens is 398 g/mol. The molecule has 1 heterocycles. The van der Waals surface area contributed by atoms with Crippen LogP contribution in [-0.4, -0.2) is 60.1 Å². The summed E-state index contributed by atoms with van der Waals surface area (Å²) in [5.41, 5.74) is 0. The van der Waals surface area contributed by atoms with Crippen LogP contribution in [0.15, 0.2) is 0 Å². The van der Waals surface area contributed by atoms with E-state index in [0.29, 0.717) is 17.8 Å². The van der Waals surface area contributed by atoms with Crippen LogP contribution >= 0.6 is 0 Å². The van der Waals surface area contributed by atoms with E-state index >= 15 is 0 Å². The first-order valence-electron chi connectivity index (χ1n) is 13.3. The van der Waals surface area contributed by atoms with Crippen molar-refractivity contribution in [1.29, 1.82) is 0 Å². The molecule has 0 atom stereocenters. The molecule has 1 rings (SSSR count). The summed E-state index contributed by atoms with van der Waals surface area (Å²) >= 11 is 0. The Kier molecular flexibility index (Phi) is 17.8. The van der Waals surface area contributed by atoms with Gasteiger partial charge in [-0.2, -0.15) is 15.0 Å². The summed E-state index contributed by atoms with van der Waals surface area (Å²) in [6.07, 6.45) is 18.0. The zero-order chi connectivity index (χ0) is 23.3. The van der Waals surface area contributed by atoms with Gasteiger partial charge >= 0.3 is 0 Å². The van der Waals surface area contributed by atoms with Crippen molar-refractivity contribution >= 4 is 17.8 Å². The predicted octanol–water partition coefficient (Wildman–Crippen LogP) is 6.17. The van der Waals surface area contributed by atoms with Crippen LogP contribution in [0.25, 0.3) is 0 Å². The number of nitrogens with one attached hydrogen (secondary N) is 3. The Bertz CT molecular complexity index is 551. The van der Waals surface area contributed by atoms with E-state index < -0.39 is 0 Å². The Labute approximate surface area is 198 Å². The fourth-order valence-electron chi connectivity index (χ4n) is 3.60. The topological polar surface area (TPSA) is 78.0 Å². The van der Waals surface area contributed by atoms with Gasteiger partial charge in [-0.25, -0.2) is 0 Å². The van der Waals surface area contributed by atoms with E-state index in [1.54, 1.807) is 0 Å². The summed E-state index contributed by atoms with van der Waals surface area (Å²) in [6, 6.07) is 0. The number of aromatic nitrogens is 3. The van der Waals surface area contributed by atoms with Crippen LogP contribution in [0.2, 0.25) is 0 Å². The van der Waals surface area contributed by atoms with Gasteiger partial charge in [-0.15, -0.1) is 0 Å². The van der Waals surface area contributed by atoms with Crippen molar-refractivity contribution in [1.82, 2.24) is 19.9 Å². The molecule has 1 aromatic heterocycles. The van der Waals surface area contributed by atoms with Gasteiger partial charge in [-0.3, -0.25) is 0 Å². The minimum Gasteiger partial charge on any atom is -0.354 e. The van der Waals surface area contributed by atoms with Gasteiger partial charge in [-0.1, -0.05) is 84.5 Å². The smallest absolute Gasteiger partial charge is 0.229 e. The van der Waals surface area contributed by atoms with Crippen LogP contribution in [0.3, 0.4) is 0 Å². The van der Waals surface area contributed by atoms with Crippen molar-refractivity contribution in [3.8, 4) is 0 Å². The molecule has 7 heteroatoms. The molecule has 7 nitrogen and oxygen atoms in total. The van der Waals surface area contributed by atoms with Crippen LogP contribution in [0, 0.1) is 0 Å². The molecule has 186 valence electrons. The molecule has 0 saturated carbocycles. The summed E-state index contributed by atoms with van der Waals surface area (Å²) < 4.78 is 0. The third-order valence-corrected chi connectivity index (χ3v) is 5.58. The summed E-state index contributed by atoms with van der Waals surface area (Å²) in [6.45, 7) is 8.23. The molecule has 0 aliphatic rings. The average Bonchev–Trinajstić information content (AvgIpc) is 2.78. The van der Waals surface area contributed by atoms with Gasteiger partial charge in [-0.05, 0) is 39.9 Å². The fourth-order valence-corrected chi connectivity index (χ4v) is 3.60. The molecule has 0 saturated heterocycles. The van der Waals surface area contributed by atoms with E-state index in [1.807, 2.05) is 0 Å². The van der Waals surface area contributed by atoms with E-state index in [0.717, 1.165) is 45.4 Å². The molecule has 0 amide bonds. The highest BCUT2D eigenvalue weighted by Crippen LogP contribution is 2.12. The van der Waals surface area contributed by atoms with Crippen molar-refractivity contribution < 1.29 is 0 Å². The van der Waals surface area contributed by atoms with E-state index in [-0.39, 0.29) is 0 Å². The van der Waals surface area contributed by atoms with Gasteiger partial charge in [0.2, 0.25) is 17.8 Å². The molecule has 0 fully saturated rings. The highest BCUT2D eigenvalue weighted by atomic mass is 15.3. The number of anilines is 3. The molecule has 32 heavy (non-hydrogen) atoms. The van der Waals surface area contributed by atoms with E-state index in [9.17, 15) is 0 Å². The summed E-state index contributed by atoms with van der Waals surface area (Å²) in [5.74, 6) is 2.00. The highest BCUT2D eigenvalue weighted by Gasteiger charge is 2.06. The summed E-state index contributed by atoms with van der Waals surface area (Å²) in [5, 5.41) is 10.2. The molecule has 0 spiro atoms. The van der Waals surface area contributed by atoms with Crippen molar-refractivity contribution in [2.24, 2.45) is 0 Å². The second-order valence-corrected chi connectivity index (χ2v) is 9.13. The zero-order valence-corrected chi connectivity index (χ0v) is 21.5. The van der Waals surface area contributed by atoms with Crippen molar-refractivity contribution in [2.45, 2.75) is 104 Å². The molecule has 0 bridgehead atoms. The van der Waals surface area contributed by atoms with Gasteiger partial charge in [0.25, 0.3) is 0 Å². The third-order valence-electron chi connectivity index (χ3n) is 5.58. The Morgan fingerprint density at radius 3 is 1.25 bits per heavy atom. The maximum atomic E-state index is 4.59. The average molecular weight is 450 g/mol. The van der Waals surface area contributed by atoms with Crippen LogP contribution < -0.4 is 16.0 Å². The van der Waals surface area contributed by atoms with Gasteiger partial charge < -0.3 is 20.9 Å². The minimum atomic E-state index is 0.657. The predicted molar refractivity (Wildman–Crippen MR) is 140 cm³/mol. The van der Waals surface area contributed by atoms with Gasteiger partial charge in [0.1, 0.15) is 0 Å². The SMILES string of the molecule is CCCCCCCCCCCNc1nc(NCCCCCC)nc(NCCCN(C)C)n1. The number of hydrogen-bond donors (Lipinski definition) is 3. The lowest BCUT2D eigenvalue weighted by atomic mass is 10.1. The summed E-state index contributed by atoms with van der Waals surface area (Å²) in [4.78, 5) is 15.9. The first kappa shape index (κ1) is 28.4. The monoisotopic (exact) mass is 449 g/mol. The number of rotatable bonds is 22. The van der Waals surface area contributed by atoms with Gasteiger partial charge in [0.15, 0.2) is 0 Å². The first-order valence-corrected chi connectivity index (χ1v) is 13.3. The Morgan fingerprint density at radius 2 is 0.844 bits per heavy atom. The molecule has 0 aromatic carbocycles. The summed E-state index contributed by atoms with van der Waals surface area (Å²) in [7, 11) is 4.19. The first-order chi connectivity index (χ1) is 15.7. The van der Waals surface area contributed by atoms with Crippen LogP contribution in [0.5, 0.6) is 0 Å². The van der Waals surface area contributed by atoms with E-state index in [2.05, 4.69) is 63.7 Å². The lowest BCUT2D eigenvalue weighted by molar-refractivity contribution is 0.405. The van der Waals surface area contributed by atoms with Crippen molar-refractivity contribution in [3.63, 3.8) is 0 Å². The van der Waals surface area contributed by atoms with Gasteiger partial charge in [0, 0.05) is 19.6 Å². The minimum absolute atomic E-state index is 0.657. The molecule has 0 radical (unpaired) electrons. The normalized spacial score (nSPS) is 11.2. The number of nitrogens with zero attached hydrogens (tertiary/aromatic N) is 4. The maximum absolute atomic E-state index is 4.59. The quantitative estimate of drug-likeness (QED) is 0.183. The standard InChI is InChI=1S/C25H51N7/c1-5-7-9-11-12-13-14-15-17-20-27-24-29-23(26-19-16-10-8-6-2)30-25(31-24)28-21-18-22-32(3)4/h5-22H2,1-4H3,(H3,26,27,28,29,30,31). The molecule has 0 aliphatic carbocycles. The number of hydrogen-bond acceptors (Lipinski definition) is 7. The molecule has 1 aromatic rings. The Balaban J connectivity index is 2.39. The molecule has 0 unspecified atom stereocenters. The third kappa shape index (κ3) is 16.1. The second kappa shape index (κ2) is 20.0. The van der Waals surface area contributed by atoms with Crippen molar-refractivity contribution in [2.75, 3.05) is 56.2 Å². The largest absolute Gasteiger partial charge is 0.354 e. The van der Waals surface area contributed by atoms with Crippen LogP contribution in [0.1, 0.15) is 104 Å². The van der Waals surface area contributed by atoms with Crippen LogP contribution in [0.4, 0.5) is 17.8 Å². The highest BCUT2D eigenvalue weighted by molar-refractivity contribution is 5.42. The molecule has 3 N–H and O–H groups in total. The Morgan fingerprint density at radius 1 is 0.500 bits per heavy atom. The molecule has 0 aliphatic heterocycles. The van der Waals surface area contributed by atoms with E-state index in [1.165, 1.54) is 70.6 Å². The second-order valence-electron chi connectivity index (χ2n) is 9.13. The van der Waals surface area contributed by atoms with Crippen LogP contribution in [-0.2, 0) is 0 Å². The van der Waals surface area contributed by atoms with E-state index in [4.69, 9.17) is 0 Å².